The fourth-order valence-electron chi connectivity index (χ4n) is 3.87. The molecule has 2 bridgehead atoms. The topological polar surface area (TPSA) is 34.2 Å². The second kappa shape index (κ2) is 15.5. The fraction of sp³-hybridized carbons (Fsp3) is 0.769. The summed E-state index contributed by atoms with van der Waals surface area (Å²) in [7, 11) is 4.15. The molecule has 0 fully saturated rings. The van der Waals surface area contributed by atoms with E-state index in [1.165, 1.54) is 64.2 Å². The average molecular weight is 435 g/mol. The van der Waals surface area contributed by atoms with Gasteiger partial charge in [0.05, 0.1) is 0 Å². The summed E-state index contributed by atoms with van der Waals surface area (Å²) in [4.78, 5) is 4.32. The minimum absolute atomic E-state index is 0.464. The Balaban J connectivity index is 1.86. The number of fused-ring (bicyclic) bond motifs is 6. The molecule has 1 aromatic carbocycles. The van der Waals surface area contributed by atoms with Crippen molar-refractivity contribution in [2.75, 3.05) is 27.2 Å². The molecule has 0 saturated heterocycles. The number of rotatable bonds is 16. The van der Waals surface area contributed by atoms with Crippen molar-refractivity contribution >= 4 is 0 Å². The van der Waals surface area contributed by atoms with Gasteiger partial charge in [-0.05, 0) is 51.2 Å². The largest absolute Gasteiger partial charge is 0.451 e. The summed E-state index contributed by atoms with van der Waals surface area (Å²) < 4.78 is 18.7. The van der Waals surface area contributed by atoms with Crippen LogP contribution in [0.4, 0.5) is 0 Å². The maximum atomic E-state index is 6.35. The molecule has 2 atom stereocenters. The number of nitrogens with zero attached hydrogens (tertiary/aromatic N) is 2. The van der Waals surface area contributed by atoms with Crippen LogP contribution >= 0.6 is 0 Å². The number of unbranched alkanes of at least 4 members (excludes halogenated alkanes) is 10. The molecule has 31 heavy (non-hydrogen) atoms. The lowest BCUT2D eigenvalue weighted by Crippen LogP contribution is -2.48. The Morgan fingerprint density at radius 1 is 0.581 bits per heavy atom. The summed E-state index contributed by atoms with van der Waals surface area (Å²) in [5.41, 5.74) is 0. The van der Waals surface area contributed by atoms with Crippen molar-refractivity contribution in [2.45, 2.75) is 104 Å². The minimum Gasteiger partial charge on any atom is -0.451 e. The van der Waals surface area contributed by atoms with Gasteiger partial charge in [0.1, 0.15) is 11.5 Å². The monoisotopic (exact) mass is 434 g/mol. The Hall–Kier alpha value is -1.30. The molecule has 0 saturated carbocycles. The zero-order chi connectivity index (χ0) is 22.3. The van der Waals surface area contributed by atoms with E-state index in [1.807, 2.05) is 24.3 Å². The molecule has 0 aromatic heterocycles. The molecule has 0 radical (unpaired) electrons. The van der Waals surface area contributed by atoms with Gasteiger partial charge < -0.3 is 9.47 Å². The molecule has 3 rings (SSSR count). The maximum Gasteiger partial charge on any atom is 0.265 e. The van der Waals surface area contributed by atoms with Gasteiger partial charge in [-0.3, -0.25) is 4.74 Å². The van der Waals surface area contributed by atoms with Gasteiger partial charge >= 0.3 is 0 Å². The Labute approximate surface area is 191 Å². The standard InChI is InChI=1S/C26H46N2O3/c1-5-7-9-11-13-15-21-27(3)25-29-23-17-19-24(20-18-23)30-26(31-25)28(4)22-16-14-12-10-8-6-2/h17-20,25-26H,5-16,21-22H2,1-4H3. The maximum absolute atomic E-state index is 6.35. The molecular formula is C26H46N2O3. The van der Waals surface area contributed by atoms with Gasteiger partial charge in [0.2, 0.25) is 0 Å². The number of ether oxygens (including phenoxy) is 3. The first kappa shape index (κ1) is 26.0. The summed E-state index contributed by atoms with van der Waals surface area (Å²) in [5.74, 6) is 1.62. The highest BCUT2D eigenvalue weighted by molar-refractivity contribution is 5.31. The first-order valence-corrected chi connectivity index (χ1v) is 12.6. The highest BCUT2D eigenvalue weighted by Crippen LogP contribution is 2.25. The molecule has 5 heteroatoms. The average Bonchev–Trinajstić information content (AvgIpc) is 2.93. The molecule has 2 aliphatic heterocycles. The van der Waals surface area contributed by atoms with E-state index in [1.54, 1.807) is 0 Å². The molecule has 2 unspecified atom stereocenters. The van der Waals surface area contributed by atoms with E-state index in [0.29, 0.717) is 0 Å². The fourth-order valence-corrected chi connectivity index (χ4v) is 3.87. The quantitative estimate of drug-likeness (QED) is 0.273. The molecule has 0 N–H and O–H groups in total. The molecule has 178 valence electrons. The molecule has 5 nitrogen and oxygen atoms in total. The van der Waals surface area contributed by atoms with Crippen LogP contribution in [0.1, 0.15) is 90.9 Å². The number of benzene rings is 1. The van der Waals surface area contributed by atoms with E-state index >= 15 is 0 Å². The van der Waals surface area contributed by atoms with Crippen LogP contribution in [-0.2, 0) is 4.74 Å². The molecular weight excluding hydrogens is 388 g/mol. The predicted octanol–water partition coefficient (Wildman–Crippen LogP) is 6.63. The van der Waals surface area contributed by atoms with Crippen LogP contribution in [0.3, 0.4) is 0 Å². The lowest BCUT2D eigenvalue weighted by Gasteiger charge is -2.34. The van der Waals surface area contributed by atoms with Crippen LogP contribution in [-0.4, -0.2) is 49.8 Å². The van der Waals surface area contributed by atoms with Gasteiger partial charge in [0.15, 0.2) is 0 Å². The Bertz CT molecular complexity index is 517. The summed E-state index contributed by atoms with van der Waals surface area (Å²) in [6.45, 7) is 6.41. The zero-order valence-electron chi connectivity index (χ0n) is 20.5. The first-order chi connectivity index (χ1) is 15.1. The van der Waals surface area contributed by atoms with E-state index in [2.05, 4.69) is 37.7 Å². The van der Waals surface area contributed by atoms with Crippen LogP contribution in [0.25, 0.3) is 0 Å². The van der Waals surface area contributed by atoms with E-state index < -0.39 is 12.8 Å². The summed E-state index contributed by atoms with van der Waals surface area (Å²) in [6.07, 6.45) is 14.4. The van der Waals surface area contributed by atoms with Crippen LogP contribution in [0.2, 0.25) is 0 Å². The van der Waals surface area contributed by atoms with Crippen molar-refractivity contribution in [3.8, 4) is 11.5 Å². The predicted molar refractivity (Wildman–Crippen MR) is 128 cm³/mol. The highest BCUT2D eigenvalue weighted by atomic mass is 16.8. The van der Waals surface area contributed by atoms with E-state index in [-0.39, 0.29) is 0 Å². The van der Waals surface area contributed by atoms with Crippen LogP contribution in [0.5, 0.6) is 11.5 Å². The summed E-state index contributed by atoms with van der Waals surface area (Å²) >= 11 is 0. The normalized spacial score (nSPS) is 18.5. The Morgan fingerprint density at radius 3 is 1.32 bits per heavy atom. The van der Waals surface area contributed by atoms with Crippen molar-refractivity contribution in [1.29, 1.82) is 0 Å². The summed E-state index contributed by atoms with van der Waals surface area (Å²) in [5, 5.41) is 0. The molecule has 1 aromatic rings. The number of hydrogen-bond donors (Lipinski definition) is 0. The smallest absolute Gasteiger partial charge is 0.265 e. The zero-order valence-corrected chi connectivity index (χ0v) is 20.5. The van der Waals surface area contributed by atoms with Crippen molar-refractivity contribution < 1.29 is 14.2 Å². The van der Waals surface area contributed by atoms with Crippen molar-refractivity contribution in [1.82, 2.24) is 9.80 Å². The Morgan fingerprint density at radius 2 is 0.935 bits per heavy atom. The second-order valence-corrected chi connectivity index (χ2v) is 8.95. The molecule has 0 spiro atoms. The summed E-state index contributed by atoms with van der Waals surface area (Å²) in [6, 6.07) is 7.83. The molecule has 0 amide bonds. The highest BCUT2D eigenvalue weighted by Gasteiger charge is 2.27. The molecule has 2 heterocycles. The number of hydrogen-bond acceptors (Lipinski definition) is 5. The van der Waals surface area contributed by atoms with Gasteiger partial charge in [-0.2, -0.15) is 0 Å². The molecule has 2 aliphatic rings. The van der Waals surface area contributed by atoms with Gasteiger partial charge in [0, 0.05) is 13.1 Å². The molecule has 0 aliphatic carbocycles. The first-order valence-electron chi connectivity index (χ1n) is 12.6. The third-order valence-electron chi connectivity index (χ3n) is 5.98. The van der Waals surface area contributed by atoms with Crippen LogP contribution < -0.4 is 9.47 Å². The van der Waals surface area contributed by atoms with Crippen LogP contribution in [0, 0.1) is 0 Å². The SMILES string of the molecule is CCCCCCCCN(C)C1Oc2ccc(cc2)OC(N(C)CCCCCCCC)O1. The minimum atomic E-state index is -0.464. The van der Waals surface area contributed by atoms with Crippen LogP contribution in [0.15, 0.2) is 24.3 Å². The van der Waals surface area contributed by atoms with E-state index in [4.69, 9.17) is 14.2 Å². The van der Waals surface area contributed by atoms with Gasteiger partial charge in [-0.15, -0.1) is 0 Å². The van der Waals surface area contributed by atoms with Crippen molar-refractivity contribution in [3.05, 3.63) is 24.3 Å². The van der Waals surface area contributed by atoms with Gasteiger partial charge in [-0.1, -0.05) is 78.1 Å². The third kappa shape index (κ3) is 10.2. The lowest BCUT2D eigenvalue weighted by atomic mass is 10.1. The lowest BCUT2D eigenvalue weighted by molar-refractivity contribution is -0.278. The van der Waals surface area contributed by atoms with E-state index in [0.717, 1.165) is 37.4 Å². The van der Waals surface area contributed by atoms with E-state index in [9.17, 15) is 0 Å². The van der Waals surface area contributed by atoms with Crippen molar-refractivity contribution in [2.24, 2.45) is 0 Å². The van der Waals surface area contributed by atoms with Gasteiger partial charge in [0.25, 0.3) is 12.8 Å². The third-order valence-corrected chi connectivity index (χ3v) is 5.98. The second-order valence-electron chi connectivity index (χ2n) is 8.95. The van der Waals surface area contributed by atoms with Crippen molar-refractivity contribution in [3.63, 3.8) is 0 Å². The Kier molecular flexibility index (Phi) is 13.0. The van der Waals surface area contributed by atoms with Gasteiger partial charge in [-0.25, -0.2) is 9.80 Å².